The summed E-state index contributed by atoms with van der Waals surface area (Å²) in [4.78, 5) is 5.04. The Labute approximate surface area is 119 Å². The number of hydrogen-bond donors (Lipinski definition) is 1. The summed E-state index contributed by atoms with van der Waals surface area (Å²) in [5.74, 6) is 0.708. The highest BCUT2D eigenvalue weighted by Crippen LogP contribution is 2.38. The van der Waals surface area contributed by atoms with Crippen molar-refractivity contribution in [2.45, 2.75) is 58.0 Å². The predicted octanol–water partition coefficient (Wildman–Crippen LogP) is 2.17. The van der Waals surface area contributed by atoms with Gasteiger partial charge in [-0.2, -0.15) is 0 Å². The van der Waals surface area contributed by atoms with Crippen LogP contribution in [0.3, 0.4) is 0 Å². The van der Waals surface area contributed by atoms with E-state index in [0.29, 0.717) is 17.4 Å². The van der Waals surface area contributed by atoms with Gasteiger partial charge in [0.25, 0.3) is 0 Å². The monoisotopic (exact) mass is 267 g/mol. The number of likely N-dealkylation sites (tertiary alicyclic amines) is 1. The van der Waals surface area contributed by atoms with E-state index < -0.39 is 0 Å². The molecule has 0 aromatic heterocycles. The van der Waals surface area contributed by atoms with Gasteiger partial charge >= 0.3 is 0 Å². The maximum atomic E-state index is 6.51. The van der Waals surface area contributed by atoms with Gasteiger partial charge in [0.15, 0.2) is 0 Å². The van der Waals surface area contributed by atoms with Crippen LogP contribution in [0.25, 0.3) is 0 Å². The summed E-state index contributed by atoms with van der Waals surface area (Å²) in [7, 11) is 4.42. The highest BCUT2D eigenvalue weighted by molar-refractivity contribution is 4.93. The third kappa shape index (κ3) is 3.71. The molecule has 2 N–H and O–H groups in total. The van der Waals surface area contributed by atoms with E-state index in [4.69, 9.17) is 5.73 Å². The number of hydrogen-bond acceptors (Lipinski definition) is 3. The highest BCUT2D eigenvalue weighted by Gasteiger charge is 2.37. The van der Waals surface area contributed by atoms with Crippen LogP contribution in [0.15, 0.2) is 0 Å². The van der Waals surface area contributed by atoms with Crippen LogP contribution in [0.2, 0.25) is 0 Å². The van der Waals surface area contributed by atoms with Gasteiger partial charge in [0.1, 0.15) is 0 Å². The van der Waals surface area contributed by atoms with Gasteiger partial charge in [0, 0.05) is 18.6 Å². The predicted molar refractivity (Wildman–Crippen MR) is 82.2 cm³/mol. The Morgan fingerprint density at radius 2 is 1.79 bits per heavy atom. The van der Waals surface area contributed by atoms with Crippen LogP contribution in [0.1, 0.15) is 46.0 Å². The van der Waals surface area contributed by atoms with Crippen LogP contribution in [-0.2, 0) is 0 Å². The zero-order valence-electron chi connectivity index (χ0n) is 13.4. The van der Waals surface area contributed by atoms with Gasteiger partial charge in [0.05, 0.1) is 0 Å². The number of piperidine rings is 1. The van der Waals surface area contributed by atoms with Crippen molar-refractivity contribution in [3.63, 3.8) is 0 Å². The minimum atomic E-state index is 0.338. The minimum absolute atomic E-state index is 0.338. The lowest BCUT2D eigenvalue weighted by molar-refractivity contribution is 0.0782. The molecule has 3 nitrogen and oxygen atoms in total. The van der Waals surface area contributed by atoms with E-state index in [1.54, 1.807) is 0 Å². The SMILES string of the molecule is CN(C)C1CCN(CC2CCCC(C)(C)C2N)CC1. The van der Waals surface area contributed by atoms with Crippen molar-refractivity contribution in [2.24, 2.45) is 17.1 Å². The maximum Gasteiger partial charge on any atom is 0.0131 e. The van der Waals surface area contributed by atoms with Crippen molar-refractivity contribution >= 4 is 0 Å². The Balaban J connectivity index is 1.82. The molecule has 1 aliphatic heterocycles. The van der Waals surface area contributed by atoms with Crippen LogP contribution >= 0.6 is 0 Å². The molecule has 0 radical (unpaired) electrons. The van der Waals surface area contributed by atoms with Crippen molar-refractivity contribution in [3.05, 3.63) is 0 Å². The zero-order valence-corrected chi connectivity index (χ0v) is 13.4. The molecular weight excluding hydrogens is 234 g/mol. The molecule has 2 unspecified atom stereocenters. The van der Waals surface area contributed by atoms with Crippen LogP contribution in [0.5, 0.6) is 0 Å². The van der Waals surface area contributed by atoms with E-state index in [1.165, 1.54) is 51.7 Å². The lowest BCUT2D eigenvalue weighted by atomic mass is 9.68. The van der Waals surface area contributed by atoms with Crippen molar-refractivity contribution in [2.75, 3.05) is 33.7 Å². The third-order valence-corrected chi connectivity index (χ3v) is 5.59. The molecule has 2 atom stereocenters. The molecular formula is C16H33N3. The van der Waals surface area contributed by atoms with Gasteiger partial charge in [-0.3, -0.25) is 0 Å². The molecule has 1 heterocycles. The van der Waals surface area contributed by atoms with Gasteiger partial charge < -0.3 is 15.5 Å². The topological polar surface area (TPSA) is 32.5 Å². The minimum Gasteiger partial charge on any atom is -0.327 e. The van der Waals surface area contributed by atoms with E-state index in [2.05, 4.69) is 37.7 Å². The molecule has 0 aromatic rings. The Morgan fingerprint density at radius 3 is 2.37 bits per heavy atom. The average Bonchev–Trinajstić information content (AvgIpc) is 2.35. The summed E-state index contributed by atoms with van der Waals surface area (Å²) < 4.78 is 0. The van der Waals surface area contributed by atoms with Gasteiger partial charge in [-0.25, -0.2) is 0 Å². The van der Waals surface area contributed by atoms with Crippen molar-refractivity contribution in [1.82, 2.24) is 9.80 Å². The summed E-state index contributed by atoms with van der Waals surface area (Å²) in [6.45, 7) is 8.44. The first-order valence-corrected chi connectivity index (χ1v) is 8.04. The van der Waals surface area contributed by atoms with Crippen LogP contribution < -0.4 is 5.73 Å². The molecule has 2 rings (SSSR count). The fourth-order valence-corrected chi connectivity index (χ4v) is 3.96. The maximum absolute atomic E-state index is 6.51. The molecule has 112 valence electrons. The zero-order chi connectivity index (χ0) is 14.0. The lowest BCUT2D eigenvalue weighted by Crippen LogP contribution is -2.52. The van der Waals surface area contributed by atoms with Gasteiger partial charge in [-0.05, 0) is 64.2 Å². The third-order valence-electron chi connectivity index (χ3n) is 5.59. The smallest absolute Gasteiger partial charge is 0.0131 e. The standard InChI is InChI=1S/C16H33N3/c1-16(2)9-5-6-13(15(16)17)12-19-10-7-14(8-11-19)18(3)4/h13-15H,5-12,17H2,1-4H3. The normalized spacial score (nSPS) is 33.8. The molecule has 0 bridgehead atoms. The van der Waals surface area contributed by atoms with Crippen LogP contribution in [-0.4, -0.2) is 55.6 Å². The molecule has 2 aliphatic rings. The molecule has 1 saturated heterocycles. The Morgan fingerprint density at radius 1 is 1.16 bits per heavy atom. The van der Waals surface area contributed by atoms with Crippen molar-refractivity contribution in [1.29, 1.82) is 0 Å². The van der Waals surface area contributed by atoms with Crippen LogP contribution in [0, 0.1) is 11.3 Å². The fraction of sp³-hybridized carbons (Fsp3) is 1.00. The first kappa shape index (κ1) is 15.3. The summed E-state index contributed by atoms with van der Waals surface area (Å²) in [5.41, 5.74) is 6.85. The van der Waals surface area contributed by atoms with Crippen LogP contribution in [0.4, 0.5) is 0 Å². The molecule has 0 spiro atoms. The summed E-state index contributed by atoms with van der Waals surface area (Å²) >= 11 is 0. The summed E-state index contributed by atoms with van der Waals surface area (Å²) in [6.07, 6.45) is 6.63. The second-order valence-electron chi connectivity index (χ2n) is 7.66. The molecule has 3 heteroatoms. The van der Waals surface area contributed by atoms with Crippen molar-refractivity contribution in [3.8, 4) is 0 Å². The number of rotatable bonds is 3. The first-order valence-electron chi connectivity index (χ1n) is 8.04. The van der Waals surface area contributed by atoms with Gasteiger partial charge in [0.2, 0.25) is 0 Å². The van der Waals surface area contributed by atoms with Gasteiger partial charge in [-0.1, -0.05) is 20.3 Å². The quantitative estimate of drug-likeness (QED) is 0.850. The lowest BCUT2D eigenvalue weighted by Gasteiger charge is -2.45. The van der Waals surface area contributed by atoms with E-state index in [0.717, 1.165) is 6.04 Å². The Hall–Kier alpha value is -0.120. The summed E-state index contributed by atoms with van der Waals surface area (Å²) in [5, 5.41) is 0. The van der Waals surface area contributed by atoms with Crippen molar-refractivity contribution < 1.29 is 0 Å². The van der Waals surface area contributed by atoms with Gasteiger partial charge in [-0.15, -0.1) is 0 Å². The molecule has 0 amide bonds. The molecule has 0 aromatic carbocycles. The molecule has 1 saturated carbocycles. The highest BCUT2D eigenvalue weighted by atomic mass is 15.2. The van der Waals surface area contributed by atoms with E-state index in [-0.39, 0.29) is 0 Å². The van der Waals surface area contributed by atoms with E-state index in [9.17, 15) is 0 Å². The Kier molecular flexibility index (Phi) is 4.91. The number of nitrogens with zero attached hydrogens (tertiary/aromatic N) is 2. The molecule has 2 fully saturated rings. The van der Waals surface area contributed by atoms with E-state index in [1.807, 2.05) is 0 Å². The first-order chi connectivity index (χ1) is 8.90. The second kappa shape index (κ2) is 6.11. The second-order valence-corrected chi connectivity index (χ2v) is 7.66. The molecule has 1 aliphatic carbocycles. The average molecular weight is 267 g/mol. The fourth-order valence-electron chi connectivity index (χ4n) is 3.96. The number of nitrogens with two attached hydrogens (primary N) is 1. The summed E-state index contributed by atoms with van der Waals surface area (Å²) in [6, 6.07) is 1.17. The largest absolute Gasteiger partial charge is 0.327 e. The van der Waals surface area contributed by atoms with E-state index >= 15 is 0 Å². The molecule has 19 heavy (non-hydrogen) atoms. The Bertz CT molecular complexity index is 280.